The van der Waals surface area contributed by atoms with Crippen molar-refractivity contribution in [2.75, 3.05) is 38.0 Å². The molecule has 0 heterocycles. The number of rotatable bonds is 5. The van der Waals surface area contributed by atoms with Crippen LogP contribution in [0.5, 0.6) is 0 Å². The van der Waals surface area contributed by atoms with Gasteiger partial charge in [-0.3, -0.25) is 0 Å². The van der Waals surface area contributed by atoms with E-state index < -0.39 is 0 Å². The molecule has 0 aliphatic rings. The second-order valence-electron chi connectivity index (χ2n) is 7.59. The second kappa shape index (κ2) is 11.4. The Hall–Kier alpha value is -2.74. The number of hydrogen-bond donors (Lipinski definition) is 0. The Labute approximate surface area is 192 Å². The van der Waals surface area contributed by atoms with Crippen molar-refractivity contribution in [3.63, 3.8) is 0 Å². The van der Waals surface area contributed by atoms with Crippen molar-refractivity contribution < 1.29 is 17.1 Å². The van der Waals surface area contributed by atoms with Crippen molar-refractivity contribution in [1.29, 1.82) is 0 Å². The molecule has 0 N–H and O–H groups in total. The molecule has 4 aromatic carbocycles. The Bertz CT molecular complexity index is 867. The average molecular weight is 438 g/mol. The van der Waals surface area contributed by atoms with Gasteiger partial charge in [-0.2, -0.15) is 30.3 Å². The van der Waals surface area contributed by atoms with Crippen molar-refractivity contribution in [3.05, 3.63) is 120 Å². The van der Waals surface area contributed by atoms with Gasteiger partial charge in [0.15, 0.2) is 0 Å². The molecule has 4 rings (SSSR count). The third-order valence-electron chi connectivity index (χ3n) is 5.06. The molecule has 4 aromatic rings. The largest absolute Gasteiger partial charge is 2.00 e. The Morgan fingerprint density at radius 2 is 1.03 bits per heavy atom. The van der Waals surface area contributed by atoms with E-state index in [1.807, 2.05) is 30.3 Å². The predicted octanol–water partition coefficient (Wildman–Crippen LogP) is 6.12. The van der Waals surface area contributed by atoms with Crippen LogP contribution in [0.2, 0.25) is 0 Å². The molecule has 0 radical (unpaired) electrons. The van der Waals surface area contributed by atoms with E-state index in [1.165, 1.54) is 28.1 Å². The molecule has 2 nitrogen and oxygen atoms in total. The molecule has 0 atom stereocenters. The average Bonchev–Trinajstić information content (AvgIpc) is 3.46. The summed E-state index contributed by atoms with van der Waals surface area (Å²) in [5.74, 6) is 0.271. The Morgan fingerprint density at radius 1 is 0.633 bits per heavy atom. The van der Waals surface area contributed by atoms with Gasteiger partial charge in [0.1, 0.15) is 0 Å². The standard InChI is InChI=1S/C22H25N2.C5H5.Fe/c1-23(2)20-13-9-18(10-14-20)22(17-7-5-6-8-17)19-11-15-21(16-12-19)24(3)4;1-2-4-5-3-1;/h5-16,22H,1-4H3;1-5H;/q2*-1;+2. The zero-order valence-electron chi connectivity index (χ0n) is 18.1. The molecule has 0 saturated heterocycles. The summed E-state index contributed by atoms with van der Waals surface area (Å²) in [6.07, 6.45) is 0. The molecule has 0 bridgehead atoms. The summed E-state index contributed by atoms with van der Waals surface area (Å²) in [6.45, 7) is 0. The maximum atomic E-state index is 2.24. The molecular weight excluding hydrogens is 408 g/mol. The van der Waals surface area contributed by atoms with Gasteiger partial charge in [0, 0.05) is 39.6 Å². The molecule has 3 heteroatoms. The van der Waals surface area contributed by atoms with Gasteiger partial charge in [-0.1, -0.05) is 24.3 Å². The molecule has 0 fully saturated rings. The second-order valence-corrected chi connectivity index (χ2v) is 7.59. The first-order valence-electron chi connectivity index (χ1n) is 9.99. The summed E-state index contributed by atoms with van der Waals surface area (Å²) in [6, 6.07) is 36.4. The molecule has 30 heavy (non-hydrogen) atoms. The molecule has 0 amide bonds. The molecule has 0 aromatic heterocycles. The van der Waals surface area contributed by atoms with Crippen LogP contribution < -0.4 is 9.80 Å². The van der Waals surface area contributed by atoms with Crippen molar-refractivity contribution in [1.82, 2.24) is 0 Å². The number of hydrogen-bond acceptors (Lipinski definition) is 2. The van der Waals surface area contributed by atoms with E-state index in [4.69, 9.17) is 0 Å². The fourth-order valence-corrected chi connectivity index (χ4v) is 3.41. The summed E-state index contributed by atoms with van der Waals surface area (Å²) in [5.41, 5.74) is 6.44. The van der Waals surface area contributed by atoms with Crippen LogP contribution in [0, 0.1) is 0 Å². The first kappa shape index (κ1) is 23.5. The third kappa shape index (κ3) is 6.13. The summed E-state index contributed by atoms with van der Waals surface area (Å²) in [5, 5.41) is 0. The first-order valence-corrected chi connectivity index (χ1v) is 9.99. The van der Waals surface area contributed by atoms with Gasteiger partial charge in [-0.05, 0) is 41.3 Å². The van der Waals surface area contributed by atoms with Crippen molar-refractivity contribution in [2.24, 2.45) is 0 Å². The predicted molar refractivity (Wildman–Crippen MR) is 127 cm³/mol. The number of anilines is 2. The fourth-order valence-electron chi connectivity index (χ4n) is 3.41. The zero-order chi connectivity index (χ0) is 20.6. The topological polar surface area (TPSA) is 6.48 Å². The molecule has 0 unspecified atom stereocenters. The van der Waals surface area contributed by atoms with Gasteiger partial charge in [-0.25, -0.2) is 24.3 Å². The minimum atomic E-state index is 0. The van der Waals surface area contributed by atoms with Crippen LogP contribution >= 0.6 is 0 Å². The molecule has 0 spiro atoms. The van der Waals surface area contributed by atoms with Gasteiger partial charge in [0.05, 0.1) is 0 Å². The molecule has 156 valence electrons. The van der Waals surface area contributed by atoms with Crippen LogP contribution in [-0.2, 0) is 17.1 Å². The van der Waals surface area contributed by atoms with E-state index in [1.54, 1.807) is 0 Å². The van der Waals surface area contributed by atoms with E-state index in [9.17, 15) is 0 Å². The monoisotopic (exact) mass is 438 g/mol. The number of benzene rings is 2. The van der Waals surface area contributed by atoms with Crippen molar-refractivity contribution in [2.45, 2.75) is 5.92 Å². The summed E-state index contributed by atoms with van der Waals surface area (Å²) in [4.78, 5) is 4.26. The molecular formula is C27H30FeN2. The van der Waals surface area contributed by atoms with Crippen LogP contribution in [0.4, 0.5) is 11.4 Å². The van der Waals surface area contributed by atoms with Crippen LogP contribution in [0.25, 0.3) is 0 Å². The van der Waals surface area contributed by atoms with E-state index in [2.05, 4.69) is 111 Å². The third-order valence-corrected chi connectivity index (χ3v) is 5.06. The van der Waals surface area contributed by atoms with Gasteiger partial charge >= 0.3 is 17.1 Å². The zero-order valence-corrected chi connectivity index (χ0v) is 19.2. The SMILES string of the molecule is CN(C)c1ccc(C(c2ccc(N(C)C)cc2)[c-]2cccc2)cc1.[Fe+2].c1cc[cH-]c1. The van der Waals surface area contributed by atoms with E-state index in [0.29, 0.717) is 0 Å². The quantitative estimate of drug-likeness (QED) is 0.274. The van der Waals surface area contributed by atoms with Crippen LogP contribution in [0.3, 0.4) is 0 Å². The van der Waals surface area contributed by atoms with Crippen molar-refractivity contribution in [3.8, 4) is 0 Å². The Balaban J connectivity index is 0.000000468. The molecule has 0 aliphatic heterocycles. The van der Waals surface area contributed by atoms with Gasteiger partial charge in [0.25, 0.3) is 0 Å². The van der Waals surface area contributed by atoms with Crippen LogP contribution in [0.15, 0.2) is 103 Å². The minimum absolute atomic E-state index is 0. The van der Waals surface area contributed by atoms with Gasteiger partial charge in [0.2, 0.25) is 0 Å². The maximum absolute atomic E-state index is 2.24. The van der Waals surface area contributed by atoms with Gasteiger partial charge in [-0.15, -0.1) is 5.56 Å². The van der Waals surface area contributed by atoms with Crippen LogP contribution in [0.1, 0.15) is 22.6 Å². The van der Waals surface area contributed by atoms with Crippen molar-refractivity contribution >= 4 is 11.4 Å². The normalized spacial score (nSPS) is 10.0. The molecule has 0 aliphatic carbocycles. The van der Waals surface area contributed by atoms with E-state index >= 15 is 0 Å². The fraction of sp³-hybridized carbons (Fsp3) is 0.185. The number of nitrogens with zero attached hydrogens (tertiary/aromatic N) is 2. The smallest absolute Gasteiger partial charge is 0.378 e. The first-order chi connectivity index (χ1) is 14.1. The Kier molecular flexibility index (Phi) is 8.98. The van der Waals surface area contributed by atoms with E-state index in [-0.39, 0.29) is 23.0 Å². The summed E-state index contributed by atoms with van der Waals surface area (Å²) in [7, 11) is 8.29. The summed E-state index contributed by atoms with van der Waals surface area (Å²) >= 11 is 0. The Morgan fingerprint density at radius 3 is 1.33 bits per heavy atom. The minimum Gasteiger partial charge on any atom is -0.378 e. The summed E-state index contributed by atoms with van der Waals surface area (Å²) < 4.78 is 0. The van der Waals surface area contributed by atoms with E-state index in [0.717, 1.165) is 0 Å². The van der Waals surface area contributed by atoms with Crippen LogP contribution in [-0.4, -0.2) is 28.2 Å². The molecule has 0 saturated carbocycles. The van der Waals surface area contributed by atoms with Gasteiger partial charge < -0.3 is 9.80 Å². The maximum Gasteiger partial charge on any atom is 2.00 e.